The van der Waals surface area contributed by atoms with Crippen LogP contribution in [0.2, 0.25) is 0 Å². The topological polar surface area (TPSA) is 123 Å². The van der Waals surface area contributed by atoms with Crippen LogP contribution in [0.4, 0.5) is 9.59 Å². The second-order valence-corrected chi connectivity index (χ2v) is 8.81. The van der Waals surface area contributed by atoms with Crippen molar-refractivity contribution in [1.82, 2.24) is 15.5 Å². The predicted octanol–water partition coefficient (Wildman–Crippen LogP) is 2.52. The molecule has 1 heterocycles. The minimum absolute atomic E-state index is 0.0415. The molecule has 1 aromatic rings. The third kappa shape index (κ3) is 7.79. The van der Waals surface area contributed by atoms with Gasteiger partial charge in [0, 0.05) is 0 Å². The van der Waals surface area contributed by atoms with E-state index in [2.05, 4.69) is 17.2 Å². The molecular weight excluding hydrogens is 442 g/mol. The molecule has 3 atom stereocenters. The van der Waals surface area contributed by atoms with Crippen molar-refractivity contribution < 1.29 is 33.4 Å². The van der Waals surface area contributed by atoms with Crippen LogP contribution in [0.1, 0.15) is 39.2 Å². The average Bonchev–Trinajstić information content (AvgIpc) is 3.23. The number of esters is 1. The molecule has 1 fully saturated rings. The number of alkyl carbamates (subject to hydrolysis) is 2. The third-order valence-corrected chi connectivity index (χ3v) is 5.08. The van der Waals surface area contributed by atoms with Crippen molar-refractivity contribution in [2.75, 3.05) is 13.7 Å². The summed E-state index contributed by atoms with van der Waals surface area (Å²) in [5.41, 5.74) is -0.00469. The maximum atomic E-state index is 13.4. The Morgan fingerprint density at radius 2 is 1.82 bits per heavy atom. The van der Waals surface area contributed by atoms with Gasteiger partial charge in [0.15, 0.2) is 0 Å². The number of nitrogens with zero attached hydrogens (tertiary/aromatic N) is 1. The first kappa shape index (κ1) is 26.7. The normalized spacial score (nSPS) is 18.4. The molecule has 0 aliphatic carbocycles. The quantitative estimate of drug-likeness (QED) is 0.336. The number of amides is 3. The van der Waals surface area contributed by atoms with Gasteiger partial charge >= 0.3 is 18.2 Å². The summed E-state index contributed by atoms with van der Waals surface area (Å²) in [6, 6.07) is 6.63. The Kier molecular flexibility index (Phi) is 9.47. The fraction of sp³-hybridized carbons (Fsp3) is 0.500. The lowest BCUT2D eigenvalue weighted by Gasteiger charge is -2.31. The maximum Gasteiger partial charge on any atom is 0.408 e. The molecule has 0 radical (unpaired) electrons. The Morgan fingerprint density at radius 3 is 2.41 bits per heavy atom. The molecule has 0 saturated carbocycles. The summed E-state index contributed by atoms with van der Waals surface area (Å²) < 4.78 is 15.3. The molecular formula is C24H33N3O7. The lowest BCUT2D eigenvalue weighted by molar-refractivity contribution is -0.152. The highest BCUT2D eigenvalue weighted by atomic mass is 16.6. The van der Waals surface area contributed by atoms with E-state index in [0.717, 1.165) is 5.56 Å². The van der Waals surface area contributed by atoms with Crippen molar-refractivity contribution in [3.8, 4) is 0 Å². The number of rotatable bonds is 8. The zero-order valence-electron chi connectivity index (χ0n) is 20.0. The molecule has 34 heavy (non-hydrogen) atoms. The molecule has 2 rings (SSSR count). The Balaban J connectivity index is 2.13. The highest BCUT2D eigenvalue weighted by molar-refractivity contribution is 5.91. The second-order valence-electron chi connectivity index (χ2n) is 8.81. The number of hydrogen-bond donors (Lipinski definition) is 2. The van der Waals surface area contributed by atoms with Crippen LogP contribution in [-0.2, 0) is 30.4 Å². The smallest absolute Gasteiger partial charge is 0.408 e. The number of ether oxygens (including phenoxy) is 3. The van der Waals surface area contributed by atoms with E-state index in [1.165, 1.54) is 12.0 Å². The lowest BCUT2D eigenvalue weighted by Crippen LogP contribution is -2.57. The van der Waals surface area contributed by atoms with E-state index in [1.54, 1.807) is 39.0 Å². The van der Waals surface area contributed by atoms with Crippen molar-refractivity contribution >= 4 is 24.1 Å². The molecule has 2 N–H and O–H groups in total. The summed E-state index contributed by atoms with van der Waals surface area (Å²) >= 11 is 0. The number of likely N-dealkylation sites (tertiary alicyclic amines) is 1. The monoisotopic (exact) mass is 475 g/mol. The Morgan fingerprint density at radius 1 is 1.15 bits per heavy atom. The molecule has 0 unspecified atom stereocenters. The van der Waals surface area contributed by atoms with Crippen molar-refractivity contribution in [2.24, 2.45) is 0 Å². The molecule has 1 saturated heterocycles. The van der Waals surface area contributed by atoms with E-state index >= 15 is 0 Å². The highest BCUT2D eigenvalue weighted by Gasteiger charge is 2.43. The van der Waals surface area contributed by atoms with Gasteiger partial charge in [0.25, 0.3) is 0 Å². The van der Waals surface area contributed by atoms with Gasteiger partial charge in [-0.15, -0.1) is 6.58 Å². The number of hydrogen-bond acceptors (Lipinski definition) is 7. The minimum Gasteiger partial charge on any atom is -0.467 e. The van der Waals surface area contributed by atoms with Crippen LogP contribution in [0.5, 0.6) is 0 Å². The summed E-state index contributed by atoms with van der Waals surface area (Å²) in [7, 11) is 1.24. The van der Waals surface area contributed by atoms with Crippen molar-refractivity contribution in [1.29, 1.82) is 0 Å². The summed E-state index contributed by atoms with van der Waals surface area (Å²) in [4.78, 5) is 51.7. The first-order valence-electron chi connectivity index (χ1n) is 11.0. The minimum atomic E-state index is -1.22. The van der Waals surface area contributed by atoms with E-state index < -0.39 is 47.8 Å². The van der Waals surface area contributed by atoms with Crippen molar-refractivity contribution in [2.45, 2.75) is 63.9 Å². The first-order valence-corrected chi connectivity index (χ1v) is 11.0. The summed E-state index contributed by atoms with van der Waals surface area (Å²) in [5.74, 6) is -1.14. The van der Waals surface area contributed by atoms with Crippen LogP contribution in [-0.4, -0.2) is 66.3 Å². The Bertz CT molecular complexity index is 882. The molecule has 186 valence electrons. The summed E-state index contributed by atoms with van der Waals surface area (Å²) in [5, 5.41) is 4.99. The van der Waals surface area contributed by atoms with E-state index in [0.29, 0.717) is 12.8 Å². The standard InChI is InChI=1S/C24H33N3O7/c1-6-17-12-13-19(21(29)32-5)27(17)20(28)18(26-23(31)34-24(2,3)4)14-25-22(30)33-15-16-10-8-7-9-11-16/h6-11,17-19H,1,12-15H2,2-5H3,(H,25,30)(H,26,31)/t17-,18-,19-/m0/s1. The predicted molar refractivity (Wildman–Crippen MR) is 124 cm³/mol. The van der Waals surface area contributed by atoms with Gasteiger partial charge in [0.05, 0.1) is 19.7 Å². The zero-order valence-corrected chi connectivity index (χ0v) is 20.0. The van der Waals surface area contributed by atoms with Gasteiger partial charge < -0.3 is 29.7 Å². The lowest BCUT2D eigenvalue weighted by atomic mass is 10.2. The fourth-order valence-corrected chi connectivity index (χ4v) is 3.54. The van der Waals surface area contributed by atoms with Gasteiger partial charge in [-0.1, -0.05) is 36.4 Å². The molecule has 0 aromatic heterocycles. The molecule has 0 bridgehead atoms. The van der Waals surface area contributed by atoms with Crippen LogP contribution in [0.25, 0.3) is 0 Å². The average molecular weight is 476 g/mol. The van der Waals surface area contributed by atoms with Crippen LogP contribution >= 0.6 is 0 Å². The fourth-order valence-electron chi connectivity index (χ4n) is 3.54. The molecule has 0 spiro atoms. The van der Waals surface area contributed by atoms with Gasteiger partial charge in [0.1, 0.15) is 24.3 Å². The first-order chi connectivity index (χ1) is 16.1. The SMILES string of the molecule is C=C[C@H]1CC[C@@H](C(=O)OC)N1C(=O)[C@H](CNC(=O)OCc1ccccc1)NC(=O)OC(C)(C)C. The largest absolute Gasteiger partial charge is 0.467 e. The van der Waals surface area contributed by atoms with Gasteiger partial charge in [-0.05, 0) is 39.2 Å². The zero-order chi connectivity index (χ0) is 25.3. The van der Waals surface area contributed by atoms with Crippen LogP contribution in [0.3, 0.4) is 0 Å². The number of nitrogens with one attached hydrogen (secondary N) is 2. The molecule has 1 aliphatic rings. The number of carbonyl (C=O) groups excluding carboxylic acids is 4. The molecule has 1 aromatic carbocycles. The van der Waals surface area contributed by atoms with Crippen LogP contribution < -0.4 is 10.6 Å². The van der Waals surface area contributed by atoms with Crippen LogP contribution in [0, 0.1) is 0 Å². The van der Waals surface area contributed by atoms with Crippen LogP contribution in [0.15, 0.2) is 43.0 Å². The van der Waals surface area contributed by atoms with Gasteiger partial charge in [-0.2, -0.15) is 0 Å². The maximum absolute atomic E-state index is 13.4. The molecule has 1 aliphatic heterocycles. The van der Waals surface area contributed by atoms with Gasteiger partial charge in [-0.3, -0.25) is 4.79 Å². The van der Waals surface area contributed by atoms with Gasteiger partial charge in [-0.25, -0.2) is 14.4 Å². The van der Waals surface area contributed by atoms with Crippen molar-refractivity contribution in [3.63, 3.8) is 0 Å². The molecule has 3 amide bonds. The number of benzene rings is 1. The van der Waals surface area contributed by atoms with E-state index in [4.69, 9.17) is 14.2 Å². The second kappa shape index (κ2) is 12.1. The molecule has 10 heteroatoms. The summed E-state index contributed by atoms with van der Waals surface area (Å²) in [6.45, 7) is 8.56. The number of carbonyl (C=O) groups is 4. The molecule has 10 nitrogen and oxygen atoms in total. The van der Waals surface area contributed by atoms with Gasteiger partial charge in [0.2, 0.25) is 5.91 Å². The van der Waals surface area contributed by atoms with Crippen molar-refractivity contribution in [3.05, 3.63) is 48.6 Å². The Hall–Kier alpha value is -3.56. The van der Waals surface area contributed by atoms with E-state index in [-0.39, 0.29) is 13.2 Å². The Labute approximate surface area is 199 Å². The van der Waals surface area contributed by atoms with E-state index in [9.17, 15) is 19.2 Å². The summed E-state index contributed by atoms with van der Waals surface area (Å²) in [6.07, 6.45) is 0.863. The number of methoxy groups -OCH3 is 1. The third-order valence-electron chi connectivity index (χ3n) is 5.08. The highest BCUT2D eigenvalue weighted by Crippen LogP contribution is 2.26. The van der Waals surface area contributed by atoms with E-state index in [1.807, 2.05) is 18.2 Å².